The summed E-state index contributed by atoms with van der Waals surface area (Å²) < 4.78 is 13.5. The van der Waals surface area contributed by atoms with Gasteiger partial charge in [0, 0.05) is 32.3 Å². The van der Waals surface area contributed by atoms with Crippen LogP contribution in [0.25, 0.3) is 21.6 Å². The number of thiophene rings is 1. The average molecular weight is 497 g/mol. The van der Waals surface area contributed by atoms with E-state index in [1.807, 2.05) is 6.07 Å². The number of benzene rings is 1. The summed E-state index contributed by atoms with van der Waals surface area (Å²) in [5, 5.41) is 4.37. The van der Waals surface area contributed by atoms with Crippen LogP contribution in [0.15, 0.2) is 40.6 Å². The Morgan fingerprint density at radius 2 is 1.97 bits per heavy atom. The quantitative estimate of drug-likeness (QED) is 0.341. The van der Waals surface area contributed by atoms with Crippen molar-refractivity contribution in [2.75, 3.05) is 19.1 Å². The van der Waals surface area contributed by atoms with E-state index in [0.29, 0.717) is 11.3 Å². The standard InChI is InChI=1S/C24H28N6O2S2/c1-14-6-7-18(33-14)15-10-16-17(32-13-31-16)11-19(15)34-23-29-20-21(25)26-12-27-22(20)30(23)9-5-8-28-24(2,3)4/h6-7,10-12,28H,5,8-9,13H2,1-4H3,(H2,25,26,27). The number of fused-ring (bicyclic) bond motifs is 2. The van der Waals surface area contributed by atoms with Crippen LogP contribution in [0.3, 0.4) is 0 Å². The molecule has 0 aliphatic carbocycles. The van der Waals surface area contributed by atoms with E-state index in [1.54, 1.807) is 23.1 Å². The highest BCUT2D eigenvalue weighted by Crippen LogP contribution is 2.46. The summed E-state index contributed by atoms with van der Waals surface area (Å²) in [6.45, 7) is 10.5. The number of aryl methyl sites for hydroxylation is 2. The van der Waals surface area contributed by atoms with Crippen molar-refractivity contribution in [3.05, 3.63) is 35.5 Å². The molecule has 4 heterocycles. The number of nitrogens with zero attached hydrogens (tertiary/aromatic N) is 4. The van der Waals surface area contributed by atoms with E-state index in [-0.39, 0.29) is 12.3 Å². The molecule has 3 aromatic heterocycles. The number of nitrogen functional groups attached to an aromatic ring is 1. The minimum atomic E-state index is 0.0708. The number of hydrogen-bond acceptors (Lipinski definition) is 9. The smallest absolute Gasteiger partial charge is 0.231 e. The third kappa shape index (κ3) is 4.70. The fourth-order valence-corrected chi connectivity index (χ4v) is 5.82. The molecule has 10 heteroatoms. The number of anilines is 1. The first-order valence-electron chi connectivity index (χ1n) is 11.2. The first-order chi connectivity index (χ1) is 16.3. The summed E-state index contributed by atoms with van der Waals surface area (Å²) >= 11 is 3.34. The fraction of sp³-hybridized carbons (Fsp3) is 0.375. The molecule has 178 valence electrons. The maximum atomic E-state index is 6.16. The molecule has 0 saturated carbocycles. The van der Waals surface area contributed by atoms with Gasteiger partial charge in [0.1, 0.15) is 6.33 Å². The zero-order valence-corrected chi connectivity index (χ0v) is 21.3. The first-order valence-corrected chi connectivity index (χ1v) is 12.8. The molecule has 8 nitrogen and oxygen atoms in total. The van der Waals surface area contributed by atoms with Crippen LogP contribution >= 0.6 is 23.1 Å². The van der Waals surface area contributed by atoms with Crippen molar-refractivity contribution in [2.45, 2.75) is 56.3 Å². The lowest BCUT2D eigenvalue weighted by molar-refractivity contribution is 0.174. The van der Waals surface area contributed by atoms with Crippen LogP contribution in [-0.4, -0.2) is 38.4 Å². The Morgan fingerprint density at radius 3 is 2.71 bits per heavy atom. The predicted octanol–water partition coefficient (Wildman–Crippen LogP) is 5.10. The van der Waals surface area contributed by atoms with Crippen LogP contribution in [0, 0.1) is 6.92 Å². The van der Waals surface area contributed by atoms with Gasteiger partial charge in [0.2, 0.25) is 6.79 Å². The largest absolute Gasteiger partial charge is 0.454 e. The monoisotopic (exact) mass is 496 g/mol. The number of nitrogens with one attached hydrogen (secondary N) is 1. The Balaban J connectivity index is 1.53. The average Bonchev–Trinajstić information content (AvgIpc) is 3.49. The summed E-state index contributed by atoms with van der Waals surface area (Å²) in [6, 6.07) is 8.38. The lowest BCUT2D eigenvalue weighted by atomic mass is 10.1. The minimum Gasteiger partial charge on any atom is -0.454 e. The first kappa shape index (κ1) is 22.9. The third-order valence-electron chi connectivity index (χ3n) is 5.42. The van der Waals surface area contributed by atoms with Crippen LogP contribution in [0.1, 0.15) is 32.1 Å². The molecule has 34 heavy (non-hydrogen) atoms. The van der Waals surface area contributed by atoms with Crippen molar-refractivity contribution in [3.63, 3.8) is 0 Å². The van der Waals surface area contributed by atoms with E-state index >= 15 is 0 Å². The summed E-state index contributed by atoms with van der Waals surface area (Å²) in [7, 11) is 0. The van der Waals surface area contributed by atoms with Crippen molar-refractivity contribution in [1.29, 1.82) is 0 Å². The van der Waals surface area contributed by atoms with E-state index in [0.717, 1.165) is 52.3 Å². The summed E-state index contributed by atoms with van der Waals surface area (Å²) in [6.07, 6.45) is 2.43. The van der Waals surface area contributed by atoms with Crippen LogP contribution in [-0.2, 0) is 6.54 Å². The Labute approximate surface area is 206 Å². The lowest BCUT2D eigenvalue weighted by Gasteiger charge is -2.20. The van der Waals surface area contributed by atoms with Crippen molar-refractivity contribution in [1.82, 2.24) is 24.8 Å². The highest BCUT2D eigenvalue weighted by Gasteiger charge is 2.22. The summed E-state index contributed by atoms with van der Waals surface area (Å²) in [5.74, 6) is 1.90. The van der Waals surface area contributed by atoms with Gasteiger partial charge in [0.25, 0.3) is 0 Å². The van der Waals surface area contributed by atoms with E-state index in [4.69, 9.17) is 20.2 Å². The molecule has 0 fully saturated rings. The van der Waals surface area contributed by atoms with Crippen molar-refractivity contribution < 1.29 is 9.47 Å². The molecule has 1 aromatic carbocycles. The van der Waals surface area contributed by atoms with Gasteiger partial charge in [-0.2, -0.15) is 0 Å². The van der Waals surface area contributed by atoms with Gasteiger partial charge in [-0.3, -0.25) is 0 Å². The van der Waals surface area contributed by atoms with Crippen molar-refractivity contribution in [2.24, 2.45) is 0 Å². The molecule has 0 unspecified atom stereocenters. The summed E-state index contributed by atoms with van der Waals surface area (Å²) in [5.41, 5.74) is 8.70. The molecule has 1 aliphatic rings. The molecular weight excluding hydrogens is 468 g/mol. The van der Waals surface area contributed by atoms with Crippen LogP contribution in [0.5, 0.6) is 11.5 Å². The Kier molecular flexibility index (Phi) is 6.13. The number of hydrogen-bond donors (Lipinski definition) is 2. The number of aromatic nitrogens is 4. The number of ether oxygens (including phenoxy) is 2. The van der Waals surface area contributed by atoms with Gasteiger partial charge in [-0.15, -0.1) is 11.3 Å². The molecule has 0 atom stereocenters. The van der Waals surface area contributed by atoms with Gasteiger partial charge in [-0.25, -0.2) is 15.0 Å². The molecule has 3 N–H and O–H groups in total. The van der Waals surface area contributed by atoms with Gasteiger partial charge >= 0.3 is 0 Å². The topological polar surface area (TPSA) is 100 Å². The second kappa shape index (κ2) is 9.09. The summed E-state index contributed by atoms with van der Waals surface area (Å²) in [4.78, 5) is 17.0. The zero-order valence-electron chi connectivity index (χ0n) is 19.7. The van der Waals surface area contributed by atoms with Crippen LogP contribution < -0.4 is 20.5 Å². The molecule has 0 amide bonds. The molecular formula is C24H28N6O2S2. The van der Waals surface area contributed by atoms with E-state index < -0.39 is 0 Å². The highest BCUT2D eigenvalue weighted by atomic mass is 32.2. The van der Waals surface area contributed by atoms with Crippen molar-refractivity contribution in [3.8, 4) is 21.9 Å². The molecule has 0 spiro atoms. The van der Waals surface area contributed by atoms with Gasteiger partial charge in [0.15, 0.2) is 33.6 Å². The van der Waals surface area contributed by atoms with Crippen LogP contribution in [0.4, 0.5) is 5.82 Å². The van der Waals surface area contributed by atoms with Gasteiger partial charge in [0.05, 0.1) is 0 Å². The SMILES string of the molecule is Cc1ccc(-c2cc3c(cc2Sc2nc4c(N)ncnc4n2CCCNC(C)(C)C)OCO3)s1. The predicted molar refractivity (Wildman–Crippen MR) is 137 cm³/mol. The Bertz CT molecular complexity index is 1340. The molecule has 0 saturated heterocycles. The van der Waals surface area contributed by atoms with Gasteiger partial charge in [-0.05, 0) is 64.9 Å². The number of nitrogens with two attached hydrogens (primary N) is 1. The molecule has 0 radical (unpaired) electrons. The zero-order chi connectivity index (χ0) is 23.9. The Morgan fingerprint density at radius 1 is 1.18 bits per heavy atom. The van der Waals surface area contributed by atoms with E-state index in [9.17, 15) is 0 Å². The van der Waals surface area contributed by atoms with Gasteiger partial charge < -0.3 is 25.1 Å². The lowest BCUT2D eigenvalue weighted by Crippen LogP contribution is -2.36. The van der Waals surface area contributed by atoms with E-state index in [2.05, 4.69) is 65.7 Å². The Hall–Kier alpha value is -2.82. The second-order valence-electron chi connectivity index (χ2n) is 9.22. The minimum absolute atomic E-state index is 0.0708. The van der Waals surface area contributed by atoms with E-state index in [1.165, 1.54) is 16.1 Å². The highest BCUT2D eigenvalue weighted by molar-refractivity contribution is 7.99. The number of imidazole rings is 1. The van der Waals surface area contributed by atoms with Crippen LogP contribution in [0.2, 0.25) is 0 Å². The molecule has 4 aromatic rings. The van der Waals surface area contributed by atoms with Crippen molar-refractivity contribution >= 4 is 40.1 Å². The molecule has 5 rings (SSSR count). The normalized spacial score (nSPS) is 13.2. The second-order valence-corrected chi connectivity index (χ2v) is 11.5. The third-order valence-corrected chi connectivity index (χ3v) is 7.51. The number of rotatable bonds is 7. The maximum Gasteiger partial charge on any atom is 0.231 e. The molecule has 0 bridgehead atoms. The maximum absolute atomic E-state index is 6.16. The van der Waals surface area contributed by atoms with Gasteiger partial charge in [-0.1, -0.05) is 11.8 Å². The fourth-order valence-electron chi connectivity index (χ4n) is 3.79. The molecule has 1 aliphatic heterocycles.